The molecule has 7 heteroatoms. The molecule has 0 saturated carbocycles. The highest BCUT2D eigenvalue weighted by molar-refractivity contribution is 5.67. The van der Waals surface area contributed by atoms with Crippen molar-refractivity contribution in [3.63, 3.8) is 0 Å². The number of ether oxygens (including phenoxy) is 1. The maximum atomic E-state index is 11.6. The minimum absolute atomic E-state index is 0.0412. The van der Waals surface area contributed by atoms with Crippen LogP contribution in [0.25, 0.3) is 0 Å². The standard InChI is InChI=1S/C15H28N4O3/c1-12(18-14(21)22-15(2,3)4)5-6-16-9-13-10-17-19(11-13)7-8-20/h10-12,16,20H,5-9H2,1-4H3,(H,18,21). The minimum Gasteiger partial charge on any atom is -0.444 e. The number of alkyl carbamates (subject to hydrolysis) is 1. The van der Waals surface area contributed by atoms with Crippen LogP contribution in [0.4, 0.5) is 4.79 Å². The van der Waals surface area contributed by atoms with Gasteiger partial charge >= 0.3 is 6.09 Å². The van der Waals surface area contributed by atoms with E-state index in [-0.39, 0.29) is 18.7 Å². The summed E-state index contributed by atoms with van der Waals surface area (Å²) in [5.41, 5.74) is 0.595. The van der Waals surface area contributed by atoms with Crippen LogP contribution in [0.2, 0.25) is 0 Å². The summed E-state index contributed by atoms with van der Waals surface area (Å²) >= 11 is 0. The van der Waals surface area contributed by atoms with Crippen LogP contribution in [-0.2, 0) is 17.8 Å². The van der Waals surface area contributed by atoms with E-state index in [9.17, 15) is 4.79 Å². The monoisotopic (exact) mass is 312 g/mol. The predicted octanol–water partition coefficient (Wildman–Crippen LogP) is 1.27. The van der Waals surface area contributed by atoms with Gasteiger partial charge in [-0.1, -0.05) is 0 Å². The molecule has 1 amide bonds. The first-order valence-electron chi connectivity index (χ1n) is 7.62. The van der Waals surface area contributed by atoms with E-state index in [2.05, 4.69) is 15.7 Å². The molecular formula is C15H28N4O3. The van der Waals surface area contributed by atoms with Crippen LogP contribution < -0.4 is 10.6 Å². The Bertz CT molecular complexity index is 454. The van der Waals surface area contributed by atoms with E-state index in [4.69, 9.17) is 9.84 Å². The van der Waals surface area contributed by atoms with E-state index in [0.29, 0.717) is 13.1 Å². The summed E-state index contributed by atoms with van der Waals surface area (Å²) in [5, 5.41) is 19.1. The average Bonchev–Trinajstić information content (AvgIpc) is 2.80. The first-order valence-corrected chi connectivity index (χ1v) is 7.62. The Morgan fingerprint density at radius 3 is 2.86 bits per heavy atom. The summed E-state index contributed by atoms with van der Waals surface area (Å²) in [4.78, 5) is 11.6. The zero-order valence-electron chi connectivity index (χ0n) is 13.9. The summed E-state index contributed by atoms with van der Waals surface area (Å²) in [6, 6.07) is 0.0412. The van der Waals surface area contributed by atoms with Crippen LogP contribution >= 0.6 is 0 Å². The van der Waals surface area contributed by atoms with E-state index in [1.165, 1.54) is 0 Å². The Morgan fingerprint density at radius 2 is 2.23 bits per heavy atom. The quantitative estimate of drug-likeness (QED) is 0.629. The fourth-order valence-electron chi connectivity index (χ4n) is 1.85. The third-order valence-electron chi connectivity index (χ3n) is 2.86. The number of nitrogens with one attached hydrogen (secondary N) is 2. The number of carbonyl (C=O) groups excluding carboxylic acids is 1. The Morgan fingerprint density at radius 1 is 1.50 bits per heavy atom. The lowest BCUT2D eigenvalue weighted by Crippen LogP contribution is -2.38. The third kappa shape index (κ3) is 7.99. The maximum absolute atomic E-state index is 11.6. The van der Waals surface area contributed by atoms with E-state index in [1.54, 1.807) is 10.9 Å². The highest BCUT2D eigenvalue weighted by Gasteiger charge is 2.17. The van der Waals surface area contributed by atoms with Gasteiger partial charge in [-0.05, 0) is 40.7 Å². The SMILES string of the molecule is CC(CCNCc1cnn(CCO)c1)NC(=O)OC(C)(C)C. The number of aliphatic hydroxyl groups is 1. The minimum atomic E-state index is -0.475. The topological polar surface area (TPSA) is 88.4 Å². The van der Waals surface area contributed by atoms with Gasteiger partial charge in [0.1, 0.15) is 5.60 Å². The molecule has 1 unspecified atom stereocenters. The van der Waals surface area contributed by atoms with Crippen molar-refractivity contribution in [2.24, 2.45) is 0 Å². The number of rotatable bonds is 8. The third-order valence-corrected chi connectivity index (χ3v) is 2.86. The van der Waals surface area contributed by atoms with Crippen molar-refractivity contribution in [2.75, 3.05) is 13.2 Å². The molecule has 0 aliphatic carbocycles. The van der Waals surface area contributed by atoms with Gasteiger partial charge < -0.3 is 20.5 Å². The zero-order chi connectivity index (χ0) is 16.6. The molecule has 0 aromatic carbocycles. The van der Waals surface area contributed by atoms with E-state index in [0.717, 1.165) is 18.5 Å². The second kappa shape index (κ2) is 8.75. The first-order chi connectivity index (χ1) is 10.3. The maximum Gasteiger partial charge on any atom is 0.407 e. The van der Waals surface area contributed by atoms with Gasteiger partial charge in [0.25, 0.3) is 0 Å². The molecule has 1 aromatic heterocycles. The molecule has 0 aliphatic heterocycles. The van der Waals surface area contributed by atoms with Crippen molar-refractivity contribution in [3.8, 4) is 0 Å². The van der Waals surface area contributed by atoms with Crippen molar-refractivity contribution < 1.29 is 14.6 Å². The molecule has 0 fully saturated rings. The molecule has 0 aliphatic rings. The van der Waals surface area contributed by atoms with Gasteiger partial charge in [0.2, 0.25) is 0 Å². The summed E-state index contributed by atoms with van der Waals surface area (Å²) < 4.78 is 6.92. The number of carbonyl (C=O) groups is 1. The molecule has 22 heavy (non-hydrogen) atoms. The van der Waals surface area contributed by atoms with Gasteiger partial charge in [0.05, 0.1) is 19.3 Å². The fourth-order valence-corrected chi connectivity index (χ4v) is 1.85. The van der Waals surface area contributed by atoms with Crippen molar-refractivity contribution in [2.45, 2.75) is 58.8 Å². The van der Waals surface area contributed by atoms with Crippen molar-refractivity contribution in [1.29, 1.82) is 0 Å². The first kappa shape index (κ1) is 18.4. The lowest BCUT2D eigenvalue weighted by atomic mass is 10.2. The summed E-state index contributed by atoms with van der Waals surface area (Å²) in [7, 11) is 0. The molecular weight excluding hydrogens is 284 g/mol. The van der Waals surface area contributed by atoms with Crippen molar-refractivity contribution >= 4 is 6.09 Å². The number of hydrogen-bond acceptors (Lipinski definition) is 5. The van der Waals surface area contributed by atoms with Crippen molar-refractivity contribution in [3.05, 3.63) is 18.0 Å². The van der Waals surface area contributed by atoms with Crippen LogP contribution in [0.3, 0.4) is 0 Å². The van der Waals surface area contributed by atoms with Gasteiger partial charge in [0, 0.05) is 24.3 Å². The van der Waals surface area contributed by atoms with Gasteiger partial charge in [-0.25, -0.2) is 4.79 Å². The lowest BCUT2D eigenvalue weighted by molar-refractivity contribution is 0.0506. The molecule has 0 bridgehead atoms. The van der Waals surface area contributed by atoms with Gasteiger partial charge in [0.15, 0.2) is 0 Å². The van der Waals surface area contributed by atoms with Crippen LogP contribution in [0.1, 0.15) is 39.7 Å². The molecule has 0 saturated heterocycles. The molecule has 1 rings (SSSR count). The lowest BCUT2D eigenvalue weighted by Gasteiger charge is -2.22. The predicted molar refractivity (Wildman–Crippen MR) is 84.5 cm³/mol. The summed E-state index contributed by atoms with van der Waals surface area (Å²) in [6.45, 7) is 9.57. The largest absolute Gasteiger partial charge is 0.444 e. The number of aliphatic hydroxyl groups excluding tert-OH is 1. The molecule has 3 N–H and O–H groups in total. The Balaban J connectivity index is 2.16. The van der Waals surface area contributed by atoms with E-state index < -0.39 is 5.60 Å². The number of nitrogens with zero attached hydrogens (tertiary/aromatic N) is 2. The second-order valence-corrected chi connectivity index (χ2v) is 6.35. The van der Waals surface area contributed by atoms with Gasteiger partial charge in [-0.15, -0.1) is 0 Å². The summed E-state index contributed by atoms with van der Waals surface area (Å²) in [6.07, 6.45) is 4.12. The number of hydrogen-bond donors (Lipinski definition) is 3. The molecule has 0 radical (unpaired) electrons. The highest BCUT2D eigenvalue weighted by Crippen LogP contribution is 2.07. The Labute approximate surface area is 132 Å². The zero-order valence-corrected chi connectivity index (χ0v) is 13.9. The normalized spacial score (nSPS) is 13.0. The smallest absolute Gasteiger partial charge is 0.407 e. The summed E-state index contributed by atoms with van der Waals surface area (Å²) in [5.74, 6) is 0. The van der Waals surface area contributed by atoms with E-state index >= 15 is 0 Å². The molecule has 1 heterocycles. The van der Waals surface area contributed by atoms with E-state index in [1.807, 2.05) is 33.9 Å². The van der Waals surface area contributed by atoms with Crippen LogP contribution in [0.15, 0.2) is 12.4 Å². The molecule has 1 aromatic rings. The Hall–Kier alpha value is -1.60. The van der Waals surface area contributed by atoms with Crippen molar-refractivity contribution in [1.82, 2.24) is 20.4 Å². The van der Waals surface area contributed by atoms with Crippen LogP contribution in [0, 0.1) is 0 Å². The van der Waals surface area contributed by atoms with Gasteiger partial charge in [-0.2, -0.15) is 5.10 Å². The molecule has 1 atom stereocenters. The Kier molecular flexibility index (Phi) is 7.34. The van der Waals surface area contributed by atoms with Gasteiger partial charge in [-0.3, -0.25) is 4.68 Å². The second-order valence-electron chi connectivity index (χ2n) is 6.35. The van der Waals surface area contributed by atoms with Crippen LogP contribution in [0.5, 0.6) is 0 Å². The number of aromatic nitrogens is 2. The average molecular weight is 312 g/mol. The highest BCUT2D eigenvalue weighted by atomic mass is 16.6. The molecule has 126 valence electrons. The van der Waals surface area contributed by atoms with Crippen LogP contribution in [-0.4, -0.2) is 45.8 Å². The fraction of sp³-hybridized carbons (Fsp3) is 0.733. The molecule has 7 nitrogen and oxygen atoms in total. The number of amides is 1. The molecule has 0 spiro atoms.